The lowest BCUT2D eigenvalue weighted by molar-refractivity contribution is -0.145. The number of benzene rings is 1. The number of hydrogen-bond acceptors (Lipinski definition) is 5. The van der Waals surface area contributed by atoms with Crippen LogP contribution < -0.4 is 10.6 Å². The zero-order valence-corrected chi connectivity index (χ0v) is 21.1. The number of nitrogens with one attached hydrogen (secondary N) is 2. The van der Waals surface area contributed by atoms with Gasteiger partial charge in [0, 0.05) is 11.9 Å². The first-order chi connectivity index (χ1) is 15.7. The van der Waals surface area contributed by atoms with E-state index in [1.54, 1.807) is 24.3 Å². The summed E-state index contributed by atoms with van der Waals surface area (Å²) in [4.78, 5) is 41.8. The molecule has 0 aliphatic carbocycles. The van der Waals surface area contributed by atoms with Gasteiger partial charge in [0.25, 0.3) is 0 Å². The Bertz CT molecular complexity index is 964. The lowest BCUT2D eigenvalue weighted by atomic mass is 9.70. The molecule has 33 heavy (non-hydrogen) atoms. The third-order valence-corrected chi connectivity index (χ3v) is 8.68. The Kier molecular flexibility index (Phi) is 6.79. The highest BCUT2D eigenvalue weighted by Crippen LogP contribution is 2.60. The van der Waals surface area contributed by atoms with Gasteiger partial charge >= 0.3 is 0 Å². The SMILES string of the molecule is CC[C@H](C)[C@H](CO)N1C(=O)[C@@H]2[C@@H](C(=O)NC)[C@@H]3OC2(CC3Br)C1C(=O)Nc1ccccc1Cl. The maximum absolute atomic E-state index is 13.9. The van der Waals surface area contributed by atoms with Gasteiger partial charge in [-0.25, -0.2) is 0 Å². The number of aliphatic hydroxyl groups excluding tert-OH is 1. The van der Waals surface area contributed by atoms with E-state index in [0.717, 1.165) is 0 Å². The van der Waals surface area contributed by atoms with E-state index >= 15 is 0 Å². The minimum absolute atomic E-state index is 0.0693. The van der Waals surface area contributed by atoms with Crippen molar-refractivity contribution in [2.45, 2.75) is 55.3 Å². The number of aliphatic hydroxyl groups is 1. The lowest BCUT2D eigenvalue weighted by Crippen LogP contribution is -2.57. The fraction of sp³-hybridized carbons (Fsp3) is 0.609. The highest BCUT2D eigenvalue weighted by Gasteiger charge is 2.77. The van der Waals surface area contributed by atoms with Gasteiger partial charge in [-0.15, -0.1) is 0 Å². The largest absolute Gasteiger partial charge is 0.394 e. The van der Waals surface area contributed by atoms with Crippen molar-refractivity contribution in [3.05, 3.63) is 29.3 Å². The van der Waals surface area contributed by atoms with Gasteiger partial charge in [-0.3, -0.25) is 14.4 Å². The van der Waals surface area contributed by atoms with E-state index < -0.39 is 41.5 Å². The summed E-state index contributed by atoms with van der Waals surface area (Å²) in [6, 6.07) is 5.25. The number of halogens is 2. The van der Waals surface area contributed by atoms with Crippen molar-refractivity contribution in [3.8, 4) is 0 Å². The van der Waals surface area contributed by atoms with Crippen LogP contribution >= 0.6 is 27.5 Å². The number of para-hydroxylation sites is 1. The maximum atomic E-state index is 13.9. The molecule has 3 heterocycles. The minimum atomic E-state index is -1.18. The number of anilines is 1. The number of carbonyl (C=O) groups excluding carboxylic acids is 3. The fourth-order valence-electron chi connectivity index (χ4n) is 5.77. The molecule has 3 amide bonds. The molecule has 0 aromatic heterocycles. The number of nitrogens with zero attached hydrogens (tertiary/aromatic N) is 1. The van der Waals surface area contributed by atoms with Gasteiger partial charge in [-0.2, -0.15) is 0 Å². The molecule has 1 spiro atoms. The van der Waals surface area contributed by atoms with Gasteiger partial charge in [0.1, 0.15) is 11.6 Å². The van der Waals surface area contributed by atoms with Crippen molar-refractivity contribution in [2.24, 2.45) is 17.8 Å². The number of likely N-dealkylation sites (tertiary alicyclic amines) is 1. The van der Waals surface area contributed by atoms with Crippen LogP contribution in [-0.2, 0) is 19.1 Å². The summed E-state index contributed by atoms with van der Waals surface area (Å²) in [5.41, 5.74) is -0.759. The Morgan fingerprint density at radius 1 is 1.36 bits per heavy atom. The first-order valence-electron chi connectivity index (χ1n) is 11.2. The van der Waals surface area contributed by atoms with Crippen molar-refractivity contribution in [1.82, 2.24) is 10.2 Å². The number of rotatable bonds is 7. The Labute approximate surface area is 206 Å². The summed E-state index contributed by atoms with van der Waals surface area (Å²) in [6.07, 6.45) is 0.583. The Morgan fingerprint density at radius 3 is 2.67 bits per heavy atom. The van der Waals surface area contributed by atoms with Gasteiger partial charge in [0.15, 0.2) is 0 Å². The van der Waals surface area contributed by atoms with Crippen LogP contribution in [0.3, 0.4) is 0 Å². The smallest absolute Gasteiger partial charge is 0.250 e. The zero-order chi connectivity index (χ0) is 24.1. The van der Waals surface area contributed by atoms with Gasteiger partial charge < -0.3 is 25.4 Å². The van der Waals surface area contributed by atoms with Crippen LogP contribution in [0.25, 0.3) is 0 Å². The fourth-order valence-corrected chi connectivity index (χ4v) is 6.89. The molecule has 4 rings (SSSR count). The summed E-state index contributed by atoms with van der Waals surface area (Å²) in [7, 11) is 1.53. The second kappa shape index (κ2) is 9.17. The van der Waals surface area contributed by atoms with Gasteiger partial charge in [-0.05, 0) is 24.5 Å². The van der Waals surface area contributed by atoms with Crippen LogP contribution in [0.2, 0.25) is 5.02 Å². The van der Waals surface area contributed by atoms with E-state index in [9.17, 15) is 19.5 Å². The number of alkyl halides is 1. The number of carbonyl (C=O) groups is 3. The molecule has 10 heteroatoms. The number of fused-ring (bicyclic) bond motifs is 1. The minimum Gasteiger partial charge on any atom is -0.394 e. The van der Waals surface area contributed by atoms with E-state index in [1.165, 1.54) is 11.9 Å². The first-order valence-corrected chi connectivity index (χ1v) is 12.5. The molecule has 3 unspecified atom stereocenters. The van der Waals surface area contributed by atoms with Gasteiger partial charge in [0.2, 0.25) is 17.7 Å². The van der Waals surface area contributed by atoms with Crippen LogP contribution in [0, 0.1) is 17.8 Å². The third-order valence-electron chi connectivity index (χ3n) is 7.50. The molecule has 2 bridgehead atoms. The van der Waals surface area contributed by atoms with Crippen LogP contribution in [0.5, 0.6) is 0 Å². The molecular weight excluding hydrogens is 514 g/mol. The second-order valence-electron chi connectivity index (χ2n) is 9.13. The molecule has 3 aliphatic rings. The molecule has 1 aromatic rings. The second-order valence-corrected chi connectivity index (χ2v) is 10.7. The topological polar surface area (TPSA) is 108 Å². The van der Waals surface area contributed by atoms with E-state index in [1.807, 2.05) is 13.8 Å². The zero-order valence-electron chi connectivity index (χ0n) is 18.8. The van der Waals surface area contributed by atoms with Gasteiger partial charge in [0.05, 0.1) is 41.3 Å². The molecule has 0 radical (unpaired) electrons. The third kappa shape index (κ3) is 3.68. The Hall–Kier alpha value is -1.68. The average molecular weight is 543 g/mol. The molecular formula is C23H29BrClN3O5. The normalized spacial score (nSPS) is 34.2. The molecule has 3 N–H and O–H groups in total. The van der Waals surface area contributed by atoms with E-state index in [4.69, 9.17) is 16.3 Å². The molecule has 1 aromatic carbocycles. The van der Waals surface area contributed by atoms with Crippen LogP contribution in [-0.4, -0.2) is 70.0 Å². The average Bonchev–Trinajstić information content (AvgIpc) is 3.39. The maximum Gasteiger partial charge on any atom is 0.250 e. The first kappa shape index (κ1) is 24.4. The van der Waals surface area contributed by atoms with Crippen molar-refractivity contribution < 1.29 is 24.2 Å². The Morgan fingerprint density at radius 2 is 2.06 bits per heavy atom. The van der Waals surface area contributed by atoms with Crippen molar-refractivity contribution in [2.75, 3.05) is 19.0 Å². The molecule has 3 saturated heterocycles. The summed E-state index contributed by atoms with van der Waals surface area (Å²) < 4.78 is 6.40. The van der Waals surface area contributed by atoms with E-state index in [2.05, 4.69) is 26.6 Å². The molecule has 0 saturated carbocycles. The van der Waals surface area contributed by atoms with Crippen molar-refractivity contribution >= 4 is 50.9 Å². The molecule has 8 atom stereocenters. The summed E-state index contributed by atoms with van der Waals surface area (Å²) in [6.45, 7) is 3.60. The summed E-state index contributed by atoms with van der Waals surface area (Å²) in [5, 5.41) is 16.1. The van der Waals surface area contributed by atoms with Crippen LogP contribution in [0.4, 0.5) is 5.69 Å². The molecule has 8 nitrogen and oxygen atoms in total. The predicted molar refractivity (Wildman–Crippen MR) is 127 cm³/mol. The summed E-state index contributed by atoms with van der Waals surface area (Å²) >= 11 is 9.89. The quantitative estimate of drug-likeness (QED) is 0.458. The number of hydrogen-bond donors (Lipinski definition) is 3. The predicted octanol–water partition coefficient (Wildman–Crippen LogP) is 2.18. The molecule has 3 aliphatic heterocycles. The highest BCUT2D eigenvalue weighted by molar-refractivity contribution is 9.09. The molecule has 180 valence electrons. The summed E-state index contributed by atoms with van der Waals surface area (Å²) in [5.74, 6) is -2.67. The van der Waals surface area contributed by atoms with Gasteiger partial charge in [-0.1, -0.05) is 59.9 Å². The number of amides is 3. The van der Waals surface area contributed by atoms with Crippen molar-refractivity contribution in [3.63, 3.8) is 0 Å². The van der Waals surface area contributed by atoms with Crippen LogP contribution in [0.15, 0.2) is 24.3 Å². The standard InChI is InChI=1S/C23H29BrClN3O5/c1-4-11(2)15(10-29)28-19(21(31)27-14-8-6-5-7-13(14)25)23-9-12(24)18(33-23)16(20(30)26-3)17(23)22(28)32/h5-8,11-12,15-19,29H,4,9-10H2,1-3H3,(H,26,30)(H,27,31)/t11-,12?,15-,16+,17-,18+,19?,23?/m0/s1. The lowest BCUT2D eigenvalue weighted by Gasteiger charge is -2.38. The highest BCUT2D eigenvalue weighted by atomic mass is 79.9. The van der Waals surface area contributed by atoms with E-state index in [0.29, 0.717) is 23.6 Å². The number of ether oxygens (including phenoxy) is 1. The Balaban J connectivity index is 1.81. The van der Waals surface area contributed by atoms with Crippen molar-refractivity contribution in [1.29, 1.82) is 0 Å². The molecule has 3 fully saturated rings. The monoisotopic (exact) mass is 541 g/mol. The van der Waals surface area contributed by atoms with Crippen LogP contribution in [0.1, 0.15) is 26.7 Å². The van der Waals surface area contributed by atoms with E-state index in [-0.39, 0.29) is 29.2 Å².